The Morgan fingerprint density at radius 1 is 1.12 bits per heavy atom. The van der Waals surface area contributed by atoms with Crippen molar-refractivity contribution in [3.8, 4) is 11.1 Å². The molecule has 0 aromatic heterocycles. The summed E-state index contributed by atoms with van der Waals surface area (Å²) in [5.74, 6) is -0.0242. The van der Waals surface area contributed by atoms with Gasteiger partial charge in [-0.05, 0) is 48.2 Å². The lowest BCUT2D eigenvalue weighted by molar-refractivity contribution is -0.130. The summed E-state index contributed by atoms with van der Waals surface area (Å²) in [5, 5.41) is 3.55. The number of benzene rings is 2. The molecule has 1 atom stereocenters. The van der Waals surface area contributed by atoms with Crippen molar-refractivity contribution < 1.29 is 9.18 Å². The van der Waals surface area contributed by atoms with Gasteiger partial charge in [-0.2, -0.15) is 0 Å². The summed E-state index contributed by atoms with van der Waals surface area (Å²) in [6.07, 6.45) is 1.34. The zero-order valence-corrected chi connectivity index (χ0v) is 14.2. The van der Waals surface area contributed by atoms with Gasteiger partial charge < -0.3 is 10.2 Å². The van der Waals surface area contributed by atoms with Crippen LogP contribution in [-0.4, -0.2) is 30.9 Å². The first kappa shape index (κ1) is 16.7. The quantitative estimate of drug-likeness (QED) is 0.913. The molecule has 1 amide bonds. The van der Waals surface area contributed by atoms with Gasteiger partial charge in [0, 0.05) is 32.6 Å². The molecule has 1 unspecified atom stereocenters. The van der Waals surface area contributed by atoms with Gasteiger partial charge in [0.25, 0.3) is 0 Å². The van der Waals surface area contributed by atoms with Crippen LogP contribution in [0.5, 0.6) is 0 Å². The summed E-state index contributed by atoms with van der Waals surface area (Å²) in [6.45, 7) is 3.58. The molecule has 0 saturated carbocycles. The molecule has 3 nitrogen and oxygen atoms in total. The molecule has 2 aromatic carbocycles. The number of carbonyl (C=O) groups is 1. The highest BCUT2D eigenvalue weighted by Crippen LogP contribution is 2.28. The maximum atomic E-state index is 13.2. The van der Waals surface area contributed by atoms with E-state index in [4.69, 9.17) is 0 Å². The number of likely N-dealkylation sites (N-methyl/N-ethyl adjacent to an activating group) is 1. The lowest BCUT2D eigenvalue weighted by atomic mass is 9.94. The minimum absolute atomic E-state index is 0.168. The van der Waals surface area contributed by atoms with Gasteiger partial charge >= 0.3 is 0 Å². The molecule has 2 aromatic rings. The normalized spacial score (nSPS) is 19.0. The molecule has 1 N–H and O–H groups in total. The molecule has 0 radical (unpaired) electrons. The number of nitrogens with one attached hydrogen (secondary N) is 1. The molecule has 3 rings (SSSR count). The van der Waals surface area contributed by atoms with Crippen LogP contribution >= 0.6 is 0 Å². The first-order valence-corrected chi connectivity index (χ1v) is 8.38. The maximum absolute atomic E-state index is 13.2. The van der Waals surface area contributed by atoms with Gasteiger partial charge in [-0.1, -0.05) is 29.8 Å². The first-order chi connectivity index (χ1) is 11.5. The molecular weight excluding hydrogens is 303 g/mol. The number of hydrogen-bond donors (Lipinski definition) is 1. The van der Waals surface area contributed by atoms with Crippen LogP contribution in [0.3, 0.4) is 0 Å². The number of aryl methyl sites for hydroxylation is 1. The van der Waals surface area contributed by atoms with E-state index in [-0.39, 0.29) is 17.8 Å². The number of amides is 1. The summed E-state index contributed by atoms with van der Waals surface area (Å²) >= 11 is 0. The minimum Gasteiger partial charge on any atom is -0.344 e. The lowest BCUT2D eigenvalue weighted by Gasteiger charge is -2.27. The third kappa shape index (κ3) is 3.82. The monoisotopic (exact) mass is 326 g/mol. The molecule has 1 aliphatic heterocycles. The fraction of sp³-hybridized carbons (Fsp3) is 0.350. The number of rotatable bonds is 2. The minimum atomic E-state index is -0.226. The molecule has 1 saturated heterocycles. The number of hydrogen-bond acceptors (Lipinski definition) is 2. The van der Waals surface area contributed by atoms with Crippen molar-refractivity contribution in [2.45, 2.75) is 25.8 Å². The molecule has 0 bridgehead atoms. The van der Waals surface area contributed by atoms with Gasteiger partial charge in [0.1, 0.15) is 5.82 Å². The van der Waals surface area contributed by atoms with Crippen molar-refractivity contribution in [2.75, 3.05) is 20.1 Å². The van der Waals surface area contributed by atoms with Gasteiger partial charge in [0.05, 0.1) is 0 Å². The van der Waals surface area contributed by atoms with E-state index < -0.39 is 0 Å². The first-order valence-electron chi connectivity index (χ1n) is 8.38. The molecule has 24 heavy (non-hydrogen) atoms. The van der Waals surface area contributed by atoms with Crippen LogP contribution in [0.4, 0.5) is 4.39 Å². The average molecular weight is 326 g/mol. The van der Waals surface area contributed by atoms with Crippen LogP contribution in [0.2, 0.25) is 0 Å². The van der Waals surface area contributed by atoms with Crippen molar-refractivity contribution in [3.05, 3.63) is 59.4 Å². The highest BCUT2D eigenvalue weighted by Gasteiger charge is 2.19. The topological polar surface area (TPSA) is 32.3 Å². The number of nitrogens with zero attached hydrogens (tertiary/aromatic N) is 1. The third-order valence-electron chi connectivity index (χ3n) is 4.59. The third-order valence-corrected chi connectivity index (χ3v) is 4.59. The standard InChI is InChI=1S/C20H23FN2O/c1-14-11-16(15-3-5-18(21)6-4-15)13-17(12-14)19-7-8-20(24)23(2)10-9-22-19/h3-6,11-13,19,22H,7-10H2,1-2H3. The smallest absolute Gasteiger partial charge is 0.222 e. The van der Waals surface area contributed by atoms with Gasteiger partial charge in [0.15, 0.2) is 0 Å². The van der Waals surface area contributed by atoms with Crippen molar-refractivity contribution in [1.82, 2.24) is 10.2 Å². The van der Waals surface area contributed by atoms with Crippen LogP contribution in [-0.2, 0) is 4.79 Å². The molecule has 1 heterocycles. The van der Waals surface area contributed by atoms with E-state index in [1.165, 1.54) is 23.3 Å². The van der Waals surface area contributed by atoms with E-state index in [1.807, 2.05) is 7.05 Å². The van der Waals surface area contributed by atoms with Crippen molar-refractivity contribution in [2.24, 2.45) is 0 Å². The predicted octanol–water partition coefficient (Wildman–Crippen LogP) is 3.68. The van der Waals surface area contributed by atoms with E-state index in [0.29, 0.717) is 6.42 Å². The molecule has 1 fully saturated rings. The predicted molar refractivity (Wildman–Crippen MR) is 94.2 cm³/mol. The molecular formula is C20H23FN2O. The van der Waals surface area contributed by atoms with E-state index in [9.17, 15) is 9.18 Å². The number of carbonyl (C=O) groups excluding carboxylic acids is 1. The highest BCUT2D eigenvalue weighted by molar-refractivity contribution is 5.76. The molecule has 1 aliphatic rings. The van der Waals surface area contributed by atoms with Gasteiger partial charge in [-0.25, -0.2) is 4.39 Å². The Balaban J connectivity index is 1.87. The lowest BCUT2D eigenvalue weighted by Crippen LogP contribution is -2.38. The summed E-state index contributed by atoms with van der Waals surface area (Å²) < 4.78 is 13.2. The van der Waals surface area contributed by atoms with Crippen molar-refractivity contribution in [3.63, 3.8) is 0 Å². The van der Waals surface area contributed by atoms with Crippen LogP contribution in [0, 0.1) is 12.7 Å². The zero-order chi connectivity index (χ0) is 17.1. The molecule has 0 spiro atoms. The van der Waals surface area contributed by atoms with Crippen LogP contribution in [0.1, 0.15) is 30.0 Å². The summed E-state index contributed by atoms with van der Waals surface area (Å²) in [7, 11) is 1.85. The van der Waals surface area contributed by atoms with Crippen LogP contribution in [0.15, 0.2) is 42.5 Å². The molecule has 0 aliphatic carbocycles. The van der Waals surface area contributed by atoms with E-state index in [1.54, 1.807) is 17.0 Å². The van der Waals surface area contributed by atoms with Crippen LogP contribution in [0.25, 0.3) is 11.1 Å². The Labute approximate surface area is 142 Å². The molecule has 126 valence electrons. The fourth-order valence-corrected chi connectivity index (χ4v) is 3.20. The van der Waals surface area contributed by atoms with Gasteiger partial charge in [-0.3, -0.25) is 4.79 Å². The Hall–Kier alpha value is -2.20. The SMILES string of the molecule is Cc1cc(-c2ccc(F)cc2)cc(C2CCC(=O)N(C)CCN2)c1. The second-order valence-corrected chi connectivity index (χ2v) is 6.50. The molecule has 4 heteroatoms. The van der Waals surface area contributed by atoms with Crippen molar-refractivity contribution in [1.29, 1.82) is 0 Å². The zero-order valence-electron chi connectivity index (χ0n) is 14.2. The Morgan fingerprint density at radius 3 is 2.62 bits per heavy atom. The fourth-order valence-electron chi connectivity index (χ4n) is 3.20. The van der Waals surface area contributed by atoms with E-state index >= 15 is 0 Å². The van der Waals surface area contributed by atoms with Crippen molar-refractivity contribution >= 4 is 5.91 Å². The second-order valence-electron chi connectivity index (χ2n) is 6.50. The van der Waals surface area contributed by atoms with E-state index in [2.05, 4.69) is 30.4 Å². The average Bonchev–Trinajstić information content (AvgIpc) is 2.56. The Morgan fingerprint density at radius 2 is 1.88 bits per heavy atom. The number of halogens is 1. The maximum Gasteiger partial charge on any atom is 0.222 e. The summed E-state index contributed by atoms with van der Waals surface area (Å²) in [6, 6.07) is 13.2. The second kappa shape index (κ2) is 7.14. The summed E-state index contributed by atoms with van der Waals surface area (Å²) in [4.78, 5) is 13.8. The Kier molecular flexibility index (Phi) is 4.95. The summed E-state index contributed by atoms with van der Waals surface area (Å²) in [5.41, 5.74) is 4.44. The van der Waals surface area contributed by atoms with Crippen LogP contribution < -0.4 is 5.32 Å². The van der Waals surface area contributed by atoms with Gasteiger partial charge in [-0.15, -0.1) is 0 Å². The Bertz CT molecular complexity index is 727. The van der Waals surface area contributed by atoms with Gasteiger partial charge in [0.2, 0.25) is 5.91 Å². The van der Waals surface area contributed by atoms with E-state index in [0.717, 1.165) is 30.6 Å². The highest BCUT2D eigenvalue weighted by atomic mass is 19.1. The largest absolute Gasteiger partial charge is 0.344 e.